The zero-order chi connectivity index (χ0) is 14.0. The maximum Gasteiger partial charge on any atom is 0.263 e. The lowest BCUT2D eigenvalue weighted by Crippen LogP contribution is -2.15. The van der Waals surface area contributed by atoms with Crippen LogP contribution in [0.3, 0.4) is 0 Å². The number of aryl methyl sites for hydroxylation is 1. The predicted molar refractivity (Wildman–Crippen MR) is 74.1 cm³/mol. The second-order valence-electron chi connectivity index (χ2n) is 3.95. The summed E-state index contributed by atoms with van der Waals surface area (Å²) in [6.45, 7) is 1.76. The van der Waals surface area contributed by atoms with Gasteiger partial charge in [-0.2, -0.15) is 0 Å². The van der Waals surface area contributed by atoms with Gasteiger partial charge in [-0.1, -0.05) is 17.7 Å². The number of hydrogen-bond acceptors (Lipinski definition) is 3. The van der Waals surface area contributed by atoms with Gasteiger partial charge in [0, 0.05) is 17.3 Å². The van der Waals surface area contributed by atoms with Crippen LogP contribution in [0.5, 0.6) is 0 Å². The van der Waals surface area contributed by atoms with Crippen LogP contribution >= 0.6 is 11.6 Å². The molecule has 5 nitrogen and oxygen atoms in total. The molecule has 7 heteroatoms. The minimum absolute atomic E-state index is 0.0218. The third-order valence-corrected chi connectivity index (χ3v) is 4.11. The normalized spacial score (nSPS) is 11.3. The van der Waals surface area contributed by atoms with Crippen molar-refractivity contribution >= 4 is 27.3 Å². The highest BCUT2D eigenvalue weighted by Gasteiger charge is 2.15. The van der Waals surface area contributed by atoms with Gasteiger partial charge in [-0.05, 0) is 30.7 Å². The average Bonchev–Trinajstić information content (AvgIpc) is 2.34. The van der Waals surface area contributed by atoms with Gasteiger partial charge < -0.3 is 4.98 Å². The largest absolute Gasteiger partial charge is 0.328 e. The summed E-state index contributed by atoms with van der Waals surface area (Å²) in [6.07, 6.45) is 1.14. The minimum Gasteiger partial charge on any atom is -0.328 e. The van der Waals surface area contributed by atoms with Gasteiger partial charge in [0.05, 0.1) is 5.69 Å². The number of halogens is 1. The molecule has 0 aliphatic carbocycles. The number of anilines is 1. The van der Waals surface area contributed by atoms with Crippen LogP contribution in [0.25, 0.3) is 0 Å². The maximum atomic E-state index is 12.1. The topological polar surface area (TPSA) is 79.0 Å². The van der Waals surface area contributed by atoms with Crippen LogP contribution in [0.15, 0.2) is 46.2 Å². The molecule has 0 unspecified atom stereocenters. The van der Waals surface area contributed by atoms with Gasteiger partial charge in [0.1, 0.15) is 4.90 Å². The first-order chi connectivity index (χ1) is 8.88. The lowest BCUT2D eigenvalue weighted by Gasteiger charge is -2.10. The Morgan fingerprint density at radius 1 is 1.21 bits per heavy atom. The number of sulfonamides is 1. The maximum absolute atomic E-state index is 12.1. The Bertz CT molecular complexity index is 748. The summed E-state index contributed by atoms with van der Waals surface area (Å²) in [6, 6.07) is 7.31. The number of nitrogens with one attached hydrogen (secondary N) is 2. The Balaban J connectivity index is 2.39. The van der Waals surface area contributed by atoms with Crippen LogP contribution in [0, 0.1) is 6.92 Å². The number of H-pyrrole nitrogens is 1. The molecule has 19 heavy (non-hydrogen) atoms. The quantitative estimate of drug-likeness (QED) is 0.911. The molecule has 0 bridgehead atoms. The molecule has 1 aromatic heterocycles. The molecule has 0 radical (unpaired) electrons. The van der Waals surface area contributed by atoms with Crippen molar-refractivity contribution in [1.82, 2.24) is 4.98 Å². The standard InChI is InChI=1S/C12H11ClN2O3S/c1-8-2-3-9(13)6-11(8)15-19(17,18)10-4-5-12(16)14-7-10/h2-7,15H,1H3,(H,14,16). The molecule has 0 spiro atoms. The number of pyridine rings is 1. The molecule has 0 atom stereocenters. The summed E-state index contributed by atoms with van der Waals surface area (Å²) in [5.74, 6) is 0. The first kappa shape index (κ1) is 13.6. The van der Waals surface area contributed by atoms with E-state index in [-0.39, 0.29) is 10.5 Å². The molecule has 0 saturated heterocycles. The van der Waals surface area contributed by atoms with Crippen molar-refractivity contribution < 1.29 is 8.42 Å². The fourth-order valence-electron chi connectivity index (χ4n) is 1.47. The third-order valence-electron chi connectivity index (χ3n) is 2.51. The summed E-state index contributed by atoms with van der Waals surface area (Å²) in [4.78, 5) is 13.2. The highest BCUT2D eigenvalue weighted by Crippen LogP contribution is 2.22. The van der Waals surface area contributed by atoms with Crippen molar-refractivity contribution in [2.24, 2.45) is 0 Å². The Labute approximate surface area is 115 Å². The summed E-state index contributed by atoms with van der Waals surface area (Å²) in [7, 11) is -3.75. The predicted octanol–water partition coefficient (Wildman–Crippen LogP) is 2.14. The number of aromatic nitrogens is 1. The van der Waals surface area contributed by atoms with E-state index in [2.05, 4.69) is 9.71 Å². The van der Waals surface area contributed by atoms with E-state index in [0.29, 0.717) is 10.7 Å². The molecular weight excluding hydrogens is 288 g/mol. The SMILES string of the molecule is Cc1ccc(Cl)cc1NS(=O)(=O)c1ccc(=O)[nH]c1. The first-order valence-electron chi connectivity index (χ1n) is 5.36. The zero-order valence-electron chi connectivity index (χ0n) is 9.98. The van der Waals surface area contributed by atoms with Crippen LogP contribution in [-0.4, -0.2) is 13.4 Å². The summed E-state index contributed by atoms with van der Waals surface area (Å²) in [5.41, 5.74) is 0.786. The zero-order valence-corrected chi connectivity index (χ0v) is 11.5. The highest BCUT2D eigenvalue weighted by atomic mass is 35.5. The van der Waals surface area contributed by atoms with Crippen molar-refractivity contribution in [1.29, 1.82) is 0 Å². The third kappa shape index (κ3) is 3.15. The van der Waals surface area contributed by atoms with Crippen LogP contribution < -0.4 is 10.3 Å². The number of rotatable bonds is 3. The van der Waals surface area contributed by atoms with Crippen molar-refractivity contribution in [3.63, 3.8) is 0 Å². The Morgan fingerprint density at radius 2 is 1.95 bits per heavy atom. The molecule has 0 saturated carbocycles. The smallest absolute Gasteiger partial charge is 0.263 e. The molecule has 2 N–H and O–H groups in total. The Morgan fingerprint density at radius 3 is 2.58 bits per heavy atom. The summed E-state index contributed by atoms with van der Waals surface area (Å²) in [5, 5.41) is 0.435. The lowest BCUT2D eigenvalue weighted by molar-refractivity contribution is 0.600. The van der Waals surface area contributed by atoms with Crippen LogP contribution in [0.4, 0.5) is 5.69 Å². The van der Waals surface area contributed by atoms with Crippen molar-refractivity contribution in [3.05, 3.63) is 57.5 Å². The highest BCUT2D eigenvalue weighted by molar-refractivity contribution is 7.92. The Kier molecular flexibility index (Phi) is 3.64. The van der Waals surface area contributed by atoms with E-state index >= 15 is 0 Å². The second kappa shape index (κ2) is 5.07. The second-order valence-corrected chi connectivity index (χ2v) is 6.07. The molecule has 1 heterocycles. The van der Waals surface area contributed by atoms with Crippen LogP contribution in [-0.2, 0) is 10.0 Å². The van der Waals surface area contributed by atoms with Gasteiger partial charge in [-0.15, -0.1) is 0 Å². The van der Waals surface area contributed by atoms with E-state index in [4.69, 9.17) is 11.6 Å². The summed E-state index contributed by atoms with van der Waals surface area (Å²) >= 11 is 5.83. The van der Waals surface area contributed by atoms with E-state index in [1.807, 2.05) is 0 Å². The van der Waals surface area contributed by atoms with Gasteiger partial charge in [-0.3, -0.25) is 9.52 Å². The molecule has 1 aromatic carbocycles. The molecule has 0 aliphatic rings. The number of hydrogen-bond donors (Lipinski definition) is 2. The Hall–Kier alpha value is -1.79. The van der Waals surface area contributed by atoms with Gasteiger partial charge in [0.15, 0.2) is 0 Å². The van der Waals surface area contributed by atoms with Crippen LogP contribution in [0.1, 0.15) is 5.56 Å². The van der Waals surface area contributed by atoms with Crippen molar-refractivity contribution in [3.8, 4) is 0 Å². The monoisotopic (exact) mass is 298 g/mol. The molecule has 0 fully saturated rings. The lowest BCUT2D eigenvalue weighted by atomic mass is 10.2. The van der Waals surface area contributed by atoms with E-state index in [0.717, 1.165) is 17.8 Å². The van der Waals surface area contributed by atoms with Gasteiger partial charge >= 0.3 is 0 Å². The van der Waals surface area contributed by atoms with E-state index in [1.54, 1.807) is 19.1 Å². The van der Waals surface area contributed by atoms with E-state index in [9.17, 15) is 13.2 Å². The molecule has 2 rings (SSSR count). The van der Waals surface area contributed by atoms with Crippen molar-refractivity contribution in [2.45, 2.75) is 11.8 Å². The fourth-order valence-corrected chi connectivity index (χ4v) is 2.73. The van der Waals surface area contributed by atoms with E-state index < -0.39 is 10.0 Å². The summed E-state index contributed by atoms with van der Waals surface area (Å²) < 4.78 is 26.6. The minimum atomic E-state index is -3.75. The molecule has 0 amide bonds. The van der Waals surface area contributed by atoms with Gasteiger partial charge in [0.25, 0.3) is 10.0 Å². The van der Waals surface area contributed by atoms with Gasteiger partial charge in [0.2, 0.25) is 5.56 Å². The number of aromatic amines is 1. The number of benzene rings is 1. The fraction of sp³-hybridized carbons (Fsp3) is 0.0833. The van der Waals surface area contributed by atoms with E-state index in [1.165, 1.54) is 12.1 Å². The molecule has 100 valence electrons. The molecule has 0 aliphatic heterocycles. The van der Waals surface area contributed by atoms with Gasteiger partial charge in [-0.25, -0.2) is 8.42 Å². The molecular formula is C12H11ClN2O3S. The van der Waals surface area contributed by atoms with Crippen LogP contribution in [0.2, 0.25) is 5.02 Å². The van der Waals surface area contributed by atoms with Crippen molar-refractivity contribution in [2.75, 3.05) is 4.72 Å². The first-order valence-corrected chi connectivity index (χ1v) is 7.22. The molecule has 2 aromatic rings. The average molecular weight is 299 g/mol.